The van der Waals surface area contributed by atoms with E-state index < -0.39 is 0 Å². The smallest absolute Gasteiger partial charge is 0.236 e. The second kappa shape index (κ2) is 19.2. The van der Waals surface area contributed by atoms with Crippen LogP contribution < -0.4 is 32.7 Å². The van der Waals surface area contributed by atoms with Gasteiger partial charge >= 0.3 is 0 Å². The highest BCUT2D eigenvalue weighted by Gasteiger charge is 2.12. The lowest BCUT2D eigenvalue weighted by molar-refractivity contribution is -0.122. The maximum absolute atomic E-state index is 12.0. The minimum atomic E-state index is -0.385. The fraction of sp³-hybridized carbons (Fsp3) is 0.955. The zero-order chi connectivity index (χ0) is 21.8. The largest absolute Gasteiger partial charge is 0.355 e. The molecule has 0 bridgehead atoms. The van der Waals surface area contributed by atoms with E-state index in [1.54, 1.807) is 0 Å². The second-order valence-corrected chi connectivity index (χ2v) is 9.16. The lowest BCUT2D eigenvalue weighted by atomic mass is 9.92. The van der Waals surface area contributed by atoms with Crippen molar-refractivity contribution in [3.05, 3.63) is 0 Å². The van der Waals surface area contributed by atoms with Gasteiger partial charge in [0.2, 0.25) is 5.91 Å². The molecule has 0 aromatic rings. The first kappa shape index (κ1) is 28.3. The van der Waals surface area contributed by atoms with Gasteiger partial charge in [-0.3, -0.25) is 4.79 Å². The van der Waals surface area contributed by atoms with Crippen LogP contribution in [0.3, 0.4) is 0 Å². The van der Waals surface area contributed by atoms with Crippen LogP contribution in [0.25, 0.3) is 0 Å². The zero-order valence-electron chi connectivity index (χ0n) is 19.5. The number of unbranched alkanes of at least 4 members (excludes halogenated alkanes) is 2. The average molecular weight is 415 g/mol. The fourth-order valence-electron chi connectivity index (χ4n) is 2.87. The maximum atomic E-state index is 12.0. The van der Waals surface area contributed by atoms with Crippen molar-refractivity contribution in [1.82, 2.24) is 21.3 Å². The van der Waals surface area contributed by atoms with Crippen molar-refractivity contribution in [3.8, 4) is 0 Å². The number of carbonyl (C=O) groups excluding carboxylic acids is 1. The summed E-state index contributed by atoms with van der Waals surface area (Å²) < 4.78 is 0. The Balaban J connectivity index is 3.36. The van der Waals surface area contributed by atoms with Crippen molar-refractivity contribution < 1.29 is 4.79 Å². The van der Waals surface area contributed by atoms with Gasteiger partial charge in [-0.2, -0.15) is 0 Å². The van der Waals surface area contributed by atoms with Gasteiger partial charge in [0, 0.05) is 6.54 Å². The molecule has 0 aromatic carbocycles. The number of hydrogen-bond donors (Lipinski definition) is 6. The summed E-state index contributed by atoms with van der Waals surface area (Å²) >= 11 is 0. The number of nitrogens with two attached hydrogens (primary N) is 2. The van der Waals surface area contributed by atoms with E-state index in [0.717, 1.165) is 84.3 Å². The molecule has 0 saturated heterocycles. The molecule has 0 aliphatic rings. The van der Waals surface area contributed by atoms with Gasteiger partial charge in [-0.1, -0.05) is 27.2 Å². The minimum Gasteiger partial charge on any atom is -0.355 e. The highest BCUT2D eigenvalue weighted by atomic mass is 16.2. The first-order valence-electron chi connectivity index (χ1n) is 11.7. The van der Waals surface area contributed by atoms with E-state index in [1.165, 1.54) is 12.8 Å². The topological polar surface area (TPSA) is 117 Å². The predicted octanol–water partition coefficient (Wildman–Crippen LogP) is 1.32. The van der Waals surface area contributed by atoms with Gasteiger partial charge in [0.05, 0.1) is 6.04 Å². The number of carbonyl (C=O) groups is 1. The monoisotopic (exact) mass is 414 g/mol. The first-order chi connectivity index (χ1) is 13.9. The predicted molar refractivity (Wildman–Crippen MR) is 125 cm³/mol. The quantitative estimate of drug-likeness (QED) is 0.167. The fourth-order valence-corrected chi connectivity index (χ4v) is 2.87. The molecule has 0 aliphatic carbocycles. The first-order valence-corrected chi connectivity index (χ1v) is 11.7. The molecule has 0 rings (SSSR count). The van der Waals surface area contributed by atoms with E-state index in [0.29, 0.717) is 12.0 Å². The van der Waals surface area contributed by atoms with Crippen LogP contribution in [0, 0.1) is 5.41 Å². The van der Waals surface area contributed by atoms with E-state index in [2.05, 4.69) is 42.0 Å². The van der Waals surface area contributed by atoms with Crippen molar-refractivity contribution >= 4 is 5.91 Å². The molecule has 0 heterocycles. The van der Waals surface area contributed by atoms with Gasteiger partial charge < -0.3 is 32.7 Å². The standard InChI is InChI=1S/C22H50N6O/c1-22(2,3)11-19-27-13-5-4-10-20(24)21(29)28-18-9-17-26-15-7-6-14-25-16-8-12-23/h20,25-27H,4-19,23-24H2,1-3H3,(H,28,29)/t20-/m1/s1. The number of hydrogen-bond acceptors (Lipinski definition) is 6. The zero-order valence-corrected chi connectivity index (χ0v) is 19.5. The summed E-state index contributed by atoms with van der Waals surface area (Å²) in [5, 5.41) is 13.2. The molecule has 29 heavy (non-hydrogen) atoms. The van der Waals surface area contributed by atoms with Crippen LogP contribution in [0.5, 0.6) is 0 Å². The van der Waals surface area contributed by atoms with E-state index in [9.17, 15) is 4.79 Å². The third kappa shape index (κ3) is 21.8. The molecule has 1 amide bonds. The molecule has 174 valence electrons. The Bertz CT molecular complexity index is 373. The van der Waals surface area contributed by atoms with E-state index in [1.807, 2.05) is 0 Å². The van der Waals surface area contributed by atoms with E-state index in [-0.39, 0.29) is 11.9 Å². The summed E-state index contributed by atoms with van der Waals surface area (Å²) in [5.41, 5.74) is 11.8. The second-order valence-electron chi connectivity index (χ2n) is 9.16. The Morgan fingerprint density at radius 2 is 1.28 bits per heavy atom. The van der Waals surface area contributed by atoms with Crippen molar-refractivity contribution in [3.63, 3.8) is 0 Å². The molecule has 8 N–H and O–H groups in total. The van der Waals surface area contributed by atoms with Crippen LogP contribution in [0.1, 0.15) is 72.1 Å². The normalized spacial score (nSPS) is 12.9. The molecular formula is C22H50N6O. The highest BCUT2D eigenvalue weighted by molar-refractivity contribution is 5.81. The van der Waals surface area contributed by atoms with Crippen LogP contribution in [0.2, 0.25) is 0 Å². The lowest BCUT2D eigenvalue weighted by Crippen LogP contribution is -2.41. The molecule has 0 aliphatic heterocycles. The van der Waals surface area contributed by atoms with Crippen LogP contribution in [-0.4, -0.2) is 64.3 Å². The van der Waals surface area contributed by atoms with Crippen molar-refractivity contribution in [2.24, 2.45) is 16.9 Å². The van der Waals surface area contributed by atoms with Gasteiger partial charge in [-0.05, 0) is 96.2 Å². The van der Waals surface area contributed by atoms with E-state index in [4.69, 9.17) is 11.5 Å². The van der Waals surface area contributed by atoms with Crippen LogP contribution >= 0.6 is 0 Å². The van der Waals surface area contributed by atoms with Gasteiger partial charge in [-0.15, -0.1) is 0 Å². The minimum absolute atomic E-state index is 0.0192. The SMILES string of the molecule is CC(C)(C)CCNCCCC[C@@H](N)C(=O)NCCCNCCCCNCCCN. The van der Waals surface area contributed by atoms with Crippen molar-refractivity contribution in [2.75, 3.05) is 52.4 Å². The molecular weight excluding hydrogens is 364 g/mol. The van der Waals surface area contributed by atoms with Crippen LogP contribution in [0.15, 0.2) is 0 Å². The van der Waals surface area contributed by atoms with Crippen LogP contribution in [-0.2, 0) is 4.79 Å². The Labute approximate surface area is 179 Å². The molecule has 1 atom stereocenters. The summed E-state index contributed by atoms with van der Waals surface area (Å²) in [6.07, 6.45) is 8.30. The molecule has 0 spiro atoms. The Morgan fingerprint density at radius 3 is 1.86 bits per heavy atom. The Morgan fingerprint density at radius 1 is 0.759 bits per heavy atom. The Kier molecular flexibility index (Phi) is 18.8. The third-order valence-electron chi connectivity index (χ3n) is 4.85. The average Bonchev–Trinajstić information content (AvgIpc) is 2.66. The molecule has 0 radical (unpaired) electrons. The van der Waals surface area contributed by atoms with Crippen molar-refractivity contribution in [2.45, 2.75) is 78.2 Å². The maximum Gasteiger partial charge on any atom is 0.236 e. The summed E-state index contributed by atoms with van der Waals surface area (Å²) in [5.74, 6) is -0.0192. The van der Waals surface area contributed by atoms with Gasteiger partial charge in [0.25, 0.3) is 0 Å². The molecule has 0 aromatic heterocycles. The molecule has 7 nitrogen and oxygen atoms in total. The van der Waals surface area contributed by atoms with Gasteiger partial charge in [0.15, 0.2) is 0 Å². The van der Waals surface area contributed by atoms with Gasteiger partial charge in [-0.25, -0.2) is 0 Å². The molecule has 0 fully saturated rings. The number of nitrogens with one attached hydrogen (secondary N) is 4. The van der Waals surface area contributed by atoms with Crippen molar-refractivity contribution in [1.29, 1.82) is 0 Å². The summed E-state index contributed by atoms with van der Waals surface area (Å²) in [6, 6.07) is -0.385. The van der Waals surface area contributed by atoms with Gasteiger partial charge in [0.1, 0.15) is 0 Å². The molecule has 0 saturated carbocycles. The third-order valence-corrected chi connectivity index (χ3v) is 4.85. The highest BCUT2D eigenvalue weighted by Crippen LogP contribution is 2.16. The summed E-state index contributed by atoms with van der Waals surface area (Å²) in [7, 11) is 0. The summed E-state index contributed by atoms with van der Waals surface area (Å²) in [6.45, 7) is 14.3. The number of rotatable bonds is 20. The lowest BCUT2D eigenvalue weighted by Gasteiger charge is -2.18. The van der Waals surface area contributed by atoms with E-state index >= 15 is 0 Å². The summed E-state index contributed by atoms with van der Waals surface area (Å²) in [4.78, 5) is 12.0. The Hall–Kier alpha value is -0.730. The molecule has 0 unspecified atom stereocenters. The molecule has 7 heteroatoms. The van der Waals surface area contributed by atoms with Crippen LogP contribution in [0.4, 0.5) is 0 Å². The number of amides is 1.